The van der Waals surface area contributed by atoms with Crippen molar-refractivity contribution in [3.63, 3.8) is 0 Å². The maximum atomic E-state index is 11.8. The lowest BCUT2D eigenvalue weighted by molar-refractivity contribution is -0.121. The Morgan fingerprint density at radius 3 is 2.79 bits per heavy atom. The Kier molecular flexibility index (Phi) is 4.87. The fourth-order valence-electron chi connectivity index (χ4n) is 3.01. The van der Waals surface area contributed by atoms with E-state index < -0.39 is 0 Å². The highest BCUT2D eigenvalue weighted by atomic mass is 16.1. The molecule has 130 valence electrons. The van der Waals surface area contributed by atoms with Crippen LogP contribution in [0.2, 0.25) is 0 Å². The largest absolute Gasteiger partial charge is 0.369 e. The van der Waals surface area contributed by atoms with Crippen molar-refractivity contribution in [1.29, 1.82) is 0 Å². The number of hydrogen-bond donors (Lipinski definition) is 3. The molecule has 0 unspecified atom stereocenters. The molecule has 0 atom stereocenters. The van der Waals surface area contributed by atoms with Gasteiger partial charge in [0, 0.05) is 37.8 Å². The topological polar surface area (TPSA) is 85.9 Å². The molecule has 1 saturated heterocycles. The summed E-state index contributed by atoms with van der Waals surface area (Å²) >= 11 is 0. The number of amides is 1. The molecule has 24 heavy (non-hydrogen) atoms. The number of nitrogens with zero attached hydrogens (tertiary/aromatic N) is 3. The van der Waals surface area contributed by atoms with E-state index in [1.165, 1.54) is 12.8 Å². The van der Waals surface area contributed by atoms with E-state index in [0.29, 0.717) is 13.0 Å². The average Bonchev–Trinajstić information content (AvgIpc) is 3.14. The van der Waals surface area contributed by atoms with E-state index in [4.69, 9.17) is 4.98 Å². The number of fused-ring (bicyclic) bond motifs is 1. The lowest BCUT2D eigenvalue weighted by atomic mass is 10.3. The third-order valence-electron chi connectivity index (χ3n) is 4.09. The summed E-state index contributed by atoms with van der Waals surface area (Å²) in [7, 11) is 0. The zero-order chi connectivity index (χ0) is 17.1. The second kappa shape index (κ2) is 7.07. The summed E-state index contributed by atoms with van der Waals surface area (Å²) in [6.07, 6.45) is 2.79. The van der Waals surface area contributed by atoms with Crippen molar-refractivity contribution >= 4 is 28.7 Å². The minimum Gasteiger partial charge on any atom is -0.369 e. The zero-order valence-corrected chi connectivity index (χ0v) is 14.6. The monoisotopic (exact) mass is 330 g/mol. The number of H-pyrrole nitrogens is 1. The molecule has 7 nitrogen and oxygen atoms in total. The number of aryl methyl sites for hydroxylation is 1. The van der Waals surface area contributed by atoms with Gasteiger partial charge in [0.05, 0.1) is 5.39 Å². The molecule has 3 N–H and O–H groups in total. The molecular formula is C17H26N6O. The first-order valence-corrected chi connectivity index (χ1v) is 8.68. The standard InChI is InChI=1S/C17H26N6O/c1-11(2)19-14(24)6-7-18-15-13-10-12(3)20-16(13)22-17(21-15)23-8-4-5-9-23/h10-11H,4-9H2,1-3H3,(H,19,24)(H2,18,20,21,22). The van der Waals surface area contributed by atoms with Gasteiger partial charge in [0.2, 0.25) is 11.9 Å². The van der Waals surface area contributed by atoms with Crippen molar-refractivity contribution < 1.29 is 4.79 Å². The van der Waals surface area contributed by atoms with Crippen LogP contribution in [0, 0.1) is 6.92 Å². The maximum absolute atomic E-state index is 11.8. The number of anilines is 2. The number of nitrogens with one attached hydrogen (secondary N) is 3. The van der Waals surface area contributed by atoms with E-state index in [1.54, 1.807) is 0 Å². The van der Waals surface area contributed by atoms with Crippen LogP contribution in [0.5, 0.6) is 0 Å². The SMILES string of the molecule is Cc1cc2c(NCCC(=O)NC(C)C)nc(N3CCCC3)nc2[nH]1. The van der Waals surface area contributed by atoms with Gasteiger partial charge in [-0.1, -0.05) is 0 Å². The van der Waals surface area contributed by atoms with Crippen LogP contribution in [-0.2, 0) is 4.79 Å². The number of aromatic amines is 1. The van der Waals surface area contributed by atoms with Gasteiger partial charge in [-0.3, -0.25) is 4.79 Å². The number of aromatic nitrogens is 3. The van der Waals surface area contributed by atoms with E-state index >= 15 is 0 Å². The van der Waals surface area contributed by atoms with Gasteiger partial charge in [0.1, 0.15) is 11.5 Å². The van der Waals surface area contributed by atoms with Crippen molar-refractivity contribution in [2.24, 2.45) is 0 Å². The third-order valence-corrected chi connectivity index (χ3v) is 4.09. The van der Waals surface area contributed by atoms with E-state index in [1.807, 2.05) is 26.8 Å². The van der Waals surface area contributed by atoms with Crippen LogP contribution in [0.4, 0.5) is 11.8 Å². The van der Waals surface area contributed by atoms with Gasteiger partial charge in [0.15, 0.2) is 0 Å². The highest BCUT2D eigenvalue weighted by Crippen LogP contribution is 2.25. The van der Waals surface area contributed by atoms with Crippen LogP contribution in [0.25, 0.3) is 11.0 Å². The highest BCUT2D eigenvalue weighted by Gasteiger charge is 2.18. The molecule has 1 aliphatic rings. The van der Waals surface area contributed by atoms with E-state index in [0.717, 1.165) is 41.6 Å². The molecule has 3 rings (SSSR count). The second-order valence-corrected chi connectivity index (χ2v) is 6.68. The van der Waals surface area contributed by atoms with Crippen molar-refractivity contribution in [1.82, 2.24) is 20.3 Å². The number of rotatable bonds is 6. The Morgan fingerprint density at radius 2 is 2.08 bits per heavy atom. The van der Waals surface area contributed by atoms with Gasteiger partial charge >= 0.3 is 0 Å². The predicted octanol–water partition coefficient (Wildman–Crippen LogP) is 2.19. The molecule has 0 aromatic carbocycles. The quantitative estimate of drug-likeness (QED) is 0.756. The van der Waals surface area contributed by atoms with Gasteiger partial charge in [-0.2, -0.15) is 9.97 Å². The van der Waals surface area contributed by atoms with Crippen LogP contribution < -0.4 is 15.5 Å². The number of hydrogen-bond acceptors (Lipinski definition) is 5. The molecule has 0 radical (unpaired) electrons. The summed E-state index contributed by atoms with van der Waals surface area (Å²) in [6, 6.07) is 2.21. The van der Waals surface area contributed by atoms with Crippen molar-refractivity contribution in [3.8, 4) is 0 Å². The van der Waals surface area contributed by atoms with Crippen molar-refractivity contribution in [2.75, 3.05) is 29.9 Å². The Hall–Kier alpha value is -2.31. The summed E-state index contributed by atoms with van der Waals surface area (Å²) in [5.74, 6) is 1.60. The van der Waals surface area contributed by atoms with E-state index in [-0.39, 0.29) is 11.9 Å². The van der Waals surface area contributed by atoms with Gasteiger partial charge in [-0.25, -0.2) is 0 Å². The first-order valence-electron chi connectivity index (χ1n) is 8.68. The summed E-state index contributed by atoms with van der Waals surface area (Å²) in [6.45, 7) is 8.49. The van der Waals surface area contributed by atoms with Gasteiger partial charge < -0.3 is 20.5 Å². The van der Waals surface area contributed by atoms with Crippen LogP contribution in [-0.4, -0.2) is 46.5 Å². The molecule has 0 aliphatic carbocycles. The van der Waals surface area contributed by atoms with Crippen molar-refractivity contribution in [3.05, 3.63) is 11.8 Å². The fraction of sp³-hybridized carbons (Fsp3) is 0.588. The Bertz CT molecular complexity index is 717. The molecule has 2 aromatic heterocycles. The van der Waals surface area contributed by atoms with Gasteiger partial charge in [0.25, 0.3) is 0 Å². The minimum atomic E-state index is 0.0489. The van der Waals surface area contributed by atoms with Crippen LogP contribution in [0.1, 0.15) is 38.8 Å². The molecule has 1 aliphatic heterocycles. The van der Waals surface area contributed by atoms with Crippen LogP contribution >= 0.6 is 0 Å². The second-order valence-electron chi connectivity index (χ2n) is 6.68. The molecule has 0 saturated carbocycles. The van der Waals surface area contributed by atoms with Crippen LogP contribution in [0.3, 0.4) is 0 Å². The lowest BCUT2D eigenvalue weighted by Gasteiger charge is -2.16. The predicted molar refractivity (Wildman–Crippen MR) is 96.5 cm³/mol. The molecular weight excluding hydrogens is 304 g/mol. The lowest BCUT2D eigenvalue weighted by Crippen LogP contribution is -2.31. The normalized spacial score (nSPS) is 14.6. The number of carbonyl (C=O) groups excluding carboxylic acids is 1. The first kappa shape index (κ1) is 16.5. The average molecular weight is 330 g/mol. The fourth-order valence-corrected chi connectivity index (χ4v) is 3.01. The minimum absolute atomic E-state index is 0.0489. The molecule has 0 spiro atoms. The highest BCUT2D eigenvalue weighted by molar-refractivity contribution is 5.89. The summed E-state index contributed by atoms with van der Waals surface area (Å²) < 4.78 is 0. The molecule has 1 fully saturated rings. The Morgan fingerprint density at radius 1 is 1.33 bits per heavy atom. The first-order chi connectivity index (χ1) is 11.5. The van der Waals surface area contributed by atoms with Gasteiger partial charge in [-0.15, -0.1) is 0 Å². The number of carbonyl (C=O) groups is 1. The Balaban J connectivity index is 1.76. The smallest absolute Gasteiger partial charge is 0.229 e. The summed E-state index contributed by atoms with van der Waals surface area (Å²) in [5.41, 5.74) is 1.90. The zero-order valence-electron chi connectivity index (χ0n) is 14.6. The summed E-state index contributed by atoms with van der Waals surface area (Å²) in [4.78, 5) is 26.7. The summed E-state index contributed by atoms with van der Waals surface area (Å²) in [5, 5.41) is 7.18. The third kappa shape index (κ3) is 3.77. The van der Waals surface area contributed by atoms with E-state index in [9.17, 15) is 4.79 Å². The Labute approximate surface area is 142 Å². The maximum Gasteiger partial charge on any atom is 0.229 e. The molecule has 3 heterocycles. The molecule has 2 aromatic rings. The molecule has 0 bridgehead atoms. The van der Waals surface area contributed by atoms with Gasteiger partial charge in [-0.05, 0) is 39.7 Å². The molecule has 1 amide bonds. The van der Waals surface area contributed by atoms with E-state index in [2.05, 4.69) is 25.5 Å². The molecule has 7 heteroatoms. The van der Waals surface area contributed by atoms with Crippen molar-refractivity contribution in [2.45, 2.75) is 46.1 Å². The van der Waals surface area contributed by atoms with Crippen LogP contribution in [0.15, 0.2) is 6.07 Å².